The van der Waals surface area contributed by atoms with Crippen molar-refractivity contribution in [3.05, 3.63) is 48.0 Å². The molecule has 4 nitrogen and oxygen atoms in total. The molecule has 0 saturated heterocycles. The second kappa shape index (κ2) is 9.37. The summed E-state index contributed by atoms with van der Waals surface area (Å²) in [5, 5.41) is 5.09. The van der Waals surface area contributed by atoms with Crippen LogP contribution in [0.1, 0.15) is 46.1 Å². The summed E-state index contributed by atoms with van der Waals surface area (Å²) in [5.74, 6) is -0.0460. The summed E-state index contributed by atoms with van der Waals surface area (Å²) in [6, 6.07) is 13.4. The van der Waals surface area contributed by atoms with E-state index in [0.717, 1.165) is 22.8 Å². The first-order valence-corrected chi connectivity index (χ1v) is 9.33. The minimum Gasteiger partial charge on any atom is -0.461 e. The Balaban J connectivity index is 2.19. The van der Waals surface area contributed by atoms with Crippen LogP contribution < -0.4 is 5.32 Å². The Hall–Kier alpha value is -2.36. The smallest absolute Gasteiger partial charge is 0.329 e. The van der Waals surface area contributed by atoms with Crippen molar-refractivity contribution in [2.45, 2.75) is 59.1 Å². The third-order valence-corrected chi connectivity index (χ3v) is 4.22. The van der Waals surface area contributed by atoms with Crippen LogP contribution in [0.25, 0.3) is 10.8 Å². The number of rotatable bonds is 8. The third kappa shape index (κ3) is 5.87. The van der Waals surface area contributed by atoms with E-state index in [2.05, 4.69) is 19.2 Å². The van der Waals surface area contributed by atoms with Gasteiger partial charge in [0.05, 0.1) is 6.10 Å². The van der Waals surface area contributed by atoms with Gasteiger partial charge < -0.3 is 10.1 Å². The fourth-order valence-corrected chi connectivity index (χ4v) is 2.88. The summed E-state index contributed by atoms with van der Waals surface area (Å²) >= 11 is 0. The van der Waals surface area contributed by atoms with Crippen molar-refractivity contribution in [3.63, 3.8) is 0 Å². The van der Waals surface area contributed by atoms with Gasteiger partial charge >= 0.3 is 5.97 Å². The van der Waals surface area contributed by atoms with Crippen LogP contribution in [0.3, 0.4) is 0 Å². The molecular formula is C22H29NO3. The van der Waals surface area contributed by atoms with Crippen molar-refractivity contribution >= 4 is 22.6 Å². The predicted octanol–water partition coefficient (Wildman–Crippen LogP) is 4.25. The maximum Gasteiger partial charge on any atom is 0.329 e. The first-order chi connectivity index (χ1) is 12.4. The molecule has 2 aromatic carbocycles. The van der Waals surface area contributed by atoms with Crippen molar-refractivity contribution in [3.8, 4) is 0 Å². The van der Waals surface area contributed by atoms with Crippen molar-refractivity contribution in [1.29, 1.82) is 0 Å². The van der Waals surface area contributed by atoms with E-state index in [0.29, 0.717) is 18.8 Å². The van der Waals surface area contributed by atoms with Crippen LogP contribution in [0, 0.1) is 5.92 Å². The first-order valence-electron chi connectivity index (χ1n) is 9.33. The molecule has 0 radical (unpaired) electrons. The van der Waals surface area contributed by atoms with E-state index in [1.165, 1.54) is 0 Å². The molecule has 1 N–H and O–H groups in total. The Morgan fingerprint density at radius 3 is 2.38 bits per heavy atom. The second-order valence-electron chi connectivity index (χ2n) is 7.38. The van der Waals surface area contributed by atoms with E-state index >= 15 is 0 Å². The number of carbonyl (C=O) groups excluding carboxylic acids is 2. The zero-order valence-corrected chi connectivity index (χ0v) is 16.1. The van der Waals surface area contributed by atoms with Crippen LogP contribution >= 0.6 is 0 Å². The Labute approximate surface area is 155 Å². The largest absolute Gasteiger partial charge is 0.461 e. The molecule has 4 heteroatoms. The number of hydrogen-bond donors (Lipinski definition) is 1. The lowest BCUT2D eigenvalue weighted by molar-refractivity contribution is -0.151. The van der Waals surface area contributed by atoms with Gasteiger partial charge in [-0.25, -0.2) is 4.79 Å². The average molecular weight is 355 g/mol. The standard InChI is InChI=1S/C22H29NO3/c1-15(2)12-13-21(24)23-20(22(25)26-16(3)4)14-18-10-7-9-17-8-5-6-11-19(17)18/h5-11,15-16,20H,12-14H2,1-4H3,(H,23,24)/t20-/m0/s1. The molecule has 2 rings (SSSR count). The molecule has 0 aliphatic carbocycles. The Kier molecular flexibility index (Phi) is 7.19. The van der Waals surface area contributed by atoms with Gasteiger partial charge in [0, 0.05) is 12.8 Å². The highest BCUT2D eigenvalue weighted by atomic mass is 16.5. The summed E-state index contributed by atoms with van der Waals surface area (Å²) in [5.41, 5.74) is 1.03. The lowest BCUT2D eigenvalue weighted by Gasteiger charge is -2.20. The van der Waals surface area contributed by atoms with Crippen molar-refractivity contribution in [2.75, 3.05) is 0 Å². The maximum atomic E-state index is 12.5. The Morgan fingerprint density at radius 1 is 1.00 bits per heavy atom. The number of nitrogens with one attached hydrogen (secondary N) is 1. The minimum absolute atomic E-state index is 0.107. The first kappa shape index (κ1) is 20.0. The highest BCUT2D eigenvalue weighted by Crippen LogP contribution is 2.20. The Bertz CT molecular complexity index is 747. The summed E-state index contributed by atoms with van der Waals surface area (Å²) in [6.07, 6.45) is 1.41. The molecule has 140 valence electrons. The van der Waals surface area contributed by atoms with E-state index < -0.39 is 6.04 Å². The van der Waals surface area contributed by atoms with Crippen LogP contribution in [0.15, 0.2) is 42.5 Å². The van der Waals surface area contributed by atoms with Crippen LogP contribution in [0.5, 0.6) is 0 Å². The molecule has 2 aromatic rings. The van der Waals surface area contributed by atoms with Gasteiger partial charge in [0.2, 0.25) is 5.91 Å². The fraction of sp³-hybridized carbons (Fsp3) is 0.455. The number of carbonyl (C=O) groups is 2. The highest BCUT2D eigenvalue weighted by Gasteiger charge is 2.24. The van der Waals surface area contributed by atoms with Crippen LogP contribution in [0.2, 0.25) is 0 Å². The van der Waals surface area contributed by atoms with Gasteiger partial charge in [-0.15, -0.1) is 0 Å². The lowest BCUT2D eigenvalue weighted by atomic mass is 9.98. The van der Waals surface area contributed by atoms with Gasteiger partial charge in [0.15, 0.2) is 0 Å². The molecule has 0 heterocycles. The van der Waals surface area contributed by atoms with Gasteiger partial charge in [0.25, 0.3) is 0 Å². The molecule has 1 atom stereocenters. The van der Waals surface area contributed by atoms with Gasteiger partial charge in [0.1, 0.15) is 6.04 Å². The topological polar surface area (TPSA) is 55.4 Å². The second-order valence-corrected chi connectivity index (χ2v) is 7.38. The number of benzene rings is 2. The highest BCUT2D eigenvalue weighted by molar-refractivity contribution is 5.88. The number of hydrogen-bond acceptors (Lipinski definition) is 3. The van der Waals surface area contributed by atoms with Crippen LogP contribution in [-0.2, 0) is 20.7 Å². The zero-order chi connectivity index (χ0) is 19.1. The summed E-state index contributed by atoms with van der Waals surface area (Å²) in [6.45, 7) is 7.78. The van der Waals surface area contributed by atoms with Crippen LogP contribution in [-0.4, -0.2) is 24.0 Å². The molecule has 0 aliphatic heterocycles. The van der Waals surface area contributed by atoms with Crippen LogP contribution in [0.4, 0.5) is 0 Å². The third-order valence-electron chi connectivity index (χ3n) is 4.22. The average Bonchev–Trinajstić information content (AvgIpc) is 2.59. The SMILES string of the molecule is CC(C)CCC(=O)N[C@@H](Cc1cccc2ccccc12)C(=O)OC(C)C. The fourth-order valence-electron chi connectivity index (χ4n) is 2.88. The molecular weight excluding hydrogens is 326 g/mol. The maximum absolute atomic E-state index is 12.5. The monoisotopic (exact) mass is 355 g/mol. The zero-order valence-electron chi connectivity index (χ0n) is 16.1. The van der Waals surface area contributed by atoms with E-state index in [9.17, 15) is 9.59 Å². The molecule has 26 heavy (non-hydrogen) atoms. The normalized spacial score (nSPS) is 12.4. The number of amides is 1. The van der Waals surface area contributed by atoms with E-state index in [-0.39, 0.29) is 18.0 Å². The molecule has 0 unspecified atom stereocenters. The van der Waals surface area contributed by atoms with Gasteiger partial charge in [-0.2, -0.15) is 0 Å². The van der Waals surface area contributed by atoms with Gasteiger partial charge in [-0.1, -0.05) is 56.3 Å². The van der Waals surface area contributed by atoms with Gasteiger partial charge in [-0.3, -0.25) is 4.79 Å². The van der Waals surface area contributed by atoms with Gasteiger partial charge in [-0.05, 0) is 42.5 Å². The quantitative estimate of drug-likeness (QED) is 0.720. The molecule has 0 bridgehead atoms. The molecule has 0 aromatic heterocycles. The minimum atomic E-state index is -0.678. The predicted molar refractivity (Wildman–Crippen MR) is 105 cm³/mol. The van der Waals surface area contributed by atoms with E-state index in [1.54, 1.807) is 0 Å². The van der Waals surface area contributed by atoms with E-state index in [1.807, 2.05) is 56.3 Å². The summed E-state index contributed by atoms with van der Waals surface area (Å²) < 4.78 is 5.37. The molecule has 0 fully saturated rings. The van der Waals surface area contributed by atoms with E-state index in [4.69, 9.17) is 4.74 Å². The molecule has 1 amide bonds. The summed E-state index contributed by atoms with van der Waals surface area (Å²) in [4.78, 5) is 24.8. The molecule has 0 spiro atoms. The molecule has 0 saturated carbocycles. The number of esters is 1. The van der Waals surface area contributed by atoms with Crippen molar-refractivity contribution in [2.24, 2.45) is 5.92 Å². The summed E-state index contributed by atoms with van der Waals surface area (Å²) in [7, 11) is 0. The molecule has 0 aliphatic rings. The Morgan fingerprint density at radius 2 is 1.69 bits per heavy atom. The number of ether oxygens (including phenoxy) is 1. The lowest BCUT2D eigenvalue weighted by Crippen LogP contribution is -2.44. The van der Waals surface area contributed by atoms with Crippen molar-refractivity contribution < 1.29 is 14.3 Å². The van der Waals surface area contributed by atoms with Crippen molar-refractivity contribution in [1.82, 2.24) is 5.32 Å². The number of fused-ring (bicyclic) bond motifs is 1.